The Morgan fingerprint density at radius 1 is 1.26 bits per heavy atom. The van der Waals surface area contributed by atoms with Crippen molar-refractivity contribution in [1.82, 2.24) is 4.90 Å². The normalized spacial score (nSPS) is 35.4. The fraction of sp³-hybridized carbons (Fsp3) is 0.857. The molecular formula is C14H23NO4. The number of carbonyl (C=O) groups is 2. The van der Waals surface area contributed by atoms with Crippen LogP contribution in [0.15, 0.2) is 0 Å². The van der Waals surface area contributed by atoms with E-state index < -0.39 is 23.9 Å². The third kappa shape index (κ3) is 3.08. The lowest BCUT2D eigenvalue weighted by molar-refractivity contribution is -0.150. The number of aliphatic carboxylic acids is 1. The zero-order valence-electron chi connectivity index (χ0n) is 11.4. The van der Waals surface area contributed by atoms with E-state index in [0.29, 0.717) is 31.8 Å². The maximum atomic E-state index is 12.5. The minimum absolute atomic E-state index is 0.0675. The summed E-state index contributed by atoms with van der Waals surface area (Å²) in [4.78, 5) is 25.4. The lowest BCUT2D eigenvalue weighted by Crippen LogP contribution is -2.46. The molecule has 1 saturated heterocycles. The molecule has 1 amide bonds. The van der Waals surface area contributed by atoms with Crippen LogP contribution in [0.4, 0.5) is 0 Å². The van der Waals surface area contributed by atoms with Gasteiger partial charge < -0.3 is 15.1 Å². The molecule has 2 N–H and O–H groups in total. The number of carboxylic acids is 1. The molecule has 108 valence electrons. The maximum absolute atomic E-state index is 12.5. The van der Waals surface area contributed by atoms with Gasteiger partial charge in [-0.15, -0.1) is 0 Å². The SMILES string of the molecule is CCC1CC(C(=O)O)C(C(=O)N2CCCC(O)C2)C1. The molecule has 2 fully saturated rings. The van der Waals surface area contributed by atoms with Crippen LogP contribution in [0.3, 0.4) is 0 Å². The molecule has 2 rings (SSSR count). The average Bonchev–Trinajstić information content (AvgIpc) is 2.82. The Balaban J connectivity index is 2.05. The second-order valence-electron chi connectivity index (χ2n) is 5.88. The molecule has 2 aliphatic rings. The summed E-state index contributed by atoms with van der Waals surface area (Å²) >= 11 is 0. The van der Waals surface area contributed by atoms with Crippen LogP contribution in [0.25, 0.3) is 0 Å². The molecule has 4 atom stereocenters. The number of piperidine rings is 1. The highest BCUT2D eigenvalue weighted by Crippen LogP contribution is 2.39. The van der Waals surface area contributed by atoms with Crippen LogP contribution < -0.4 is 0 Å². The van der Waals surface area contributed by atoms with Crippen molar-refractivity contribution < 1.29 is 19.8 Å². The van der Waals surface area contributed by atoms with Gasteiger partial charge in [-0.3, -0.25) is 9.59 Å². The summed E-state index contributed by atoms with van der Waals surface area (Å²) in [7, 11) is 0. The van der Waals surface area contributed by atoms with E-state index in [1.165, 1.54) is 0 Å². The lowest BCUT2D eigenvalue weighted by atomic mass is 9.93. The van der Waals surface area contributed by atoms with Crippen LogP contribution in [0, 0.1) is 17.8 Å². The van der Waals surface area contributed by atoms with Gasteiger partial charge in [-0.05, 0) is 31.6 Å². The molecule has 5 nitrogen and oxygen atoms in total. The summed E-state index contributed by atoms with van der Waals surface area (Å²) in [6, 6.07) is 0. The van der Waals surface area contributed by atoms with Crippen molar-refractivity contribution >= 4 is 11.9 Å². The van der Waals surface area contributed by atoms with Gasteiger partial charge in [0, 0.05) is 13.1 Å². The monoisotopic (exact) mass is 269 g/mol. The largest absolute Gasteiger partial charge is 0.481 e. The summed E-state index contributed by atoms with van der Waals surface area (Å²) in [6.45, 7) is 3.05. The number of rotatable bonds is 3. The van der Waals surface area contributed by atoms with Crippen LogP contribution in [0.2, 0.25) is 0 Å². The number of amides is 1. The number of β-amino-alcohol motifs (C(OH)–C–C–N with tert-alkyl or cyclic N) is 1. The van der Waals surface area contributed by atoms with E-state index in [-0.39, 0.29) is 5.91 Å². The van der Waals surface area contributed by atoms with Crippen molar-refractivity contribution in [3.8, 4) is 0 Å². The summed E-state index contributed by atoms with van der Waals surface area (Å²) in [5.74, 6) is -1.53. The predicted molar refractivity (Wildman–Crippen MR) is 69.5 cm³/mol. The standard InChI is InChI=1S/C14H23NO4/c1-2-9-6-11(12(7-9)14(18)19)13(17)15-5-3-4-10(16)8-15/h9-12,16H,2-8H2,1H3,(H,18,19). The number of nitrogens with zero attached hydrogens (tertiary/aromatic N) is 1. The van der Waals surface area contributed by atoms with Gasteiger partial charge in [0.1, 0.15) is 0 Å². The number of carboxylic acid groups (broad SMARTS) is 1. The van der Waals surface area contributed by atoms with Gasteiger partial charge in [0.2, 0.25) is 5.91 Å². The molecule has 4 unspecified atom stereocenters. The topological polar surface area (TPSA) is 77.8 Å². The van der Waals surface area contributed by atoms with Crippen molar-refractivity contribution in [3.63, 3.8) is 0 Å². The molecule has 1 heterocycles. The molecule has 5 heteroatoms. The van der Waals surface area contributed by atoms with Gasteiger partial charge >= 0.3 is 5.97 Å². The minimum Gasteiger partial charge on any atom is -0.481 e. The van der Waals surface area contributed by atoms with Crippen LogP contribution in [0.5, 0.6) is 0 Å². The number of aliphatic hydroxyl groups is 1. The Labute approximate surface area is 113 Å². The third-order valence-electron chi connectivity index (χ3n) is 4.58. The zero-order chi connectivity index (χ0) is 14.0. The summed E-state index contributed by atoms with van der Waals surface area (Å²) in [5.41, 5.74) is 0. The Hall–Kier alpha value is -1.10. The first-order chi connectivity index (χ1) is 9.02. The van der Waals surface area contributed by atoms with E-state index in [1.54, 1.807) is 4.90 Å². The van der Waals surface area contributed by atoms with Gasteiger partial charge in [0.15, 0.2) is 0 Å². The van der Waals surface area contributed by atoms with E-state index in [0.717, 1.165) is 19.3 Å². The molecule has 19 heavy (non-hydrogen) atoms. The van der Waals surface area contributed by atoms with E-state index in [9.17, 15) is 19.8 Å². The minimum atomic E-state index is -0.855. The van der Waals surface area contributed by atoms with Crippen molar-refractivity contribution in [1.29, 1.82) is 0 Å². The summed E-state index contributed by atoms with van der Waals surface area (Å²) in [6.07, 6.45) is 3.29. The highest BCUT2D eigenvalue weighted by Gasteiger charge is 2.44. The highest BCUT2D eigenvalue weighted by molar-refractivity contribution is 5.85. The number of aliphatic hydroxyl groups excluding tert-OH is 1. The van der Waals surface area contributed by atoms with Crippen molar-refractivity contribution in [2.75, 3.05) is 13.1 Å². The molecule has 0 aromatic carbocycles. The summed E-state index contributed by atoms with van der Waals surface area (Å²) in [5, 5.41) is 18.9. The fourth-order valence-electron chi connectivity index (χ4n) is 3.41. The van der Waals surface area contributed by atoms with Crippen molar-refractivity contribution in [2.45, 2.75) is 45.1 Å². The smallest absolute Gasteiger partial charge is 0.307 e. The molecule has 0 radical (unpaired) electrons. The molecule has 0 aromatic heterocycles. The van der Waals surface area contributed by atoms with Gasteiger partial charge in [0.05, 0.1) is 17.9 Å². The summed E-state index contributed by atoms with van der Waals surface area (Å²) < 4.78 is 0. The van der Waals surface area contributed by atoms with Crippen LogP contribution >= 0.6 is 0 Å². The molecule has 0 spiro atoms. The molecule has 1 aliphatic carbocycles. The molecule has 0 bridgehead atoms. The number of hydrogen-bond acceptors (Lipinski definition) is 3. The second-order valence-corrected chi connectivity index (χ2v) is 5.88. The molecular weight excluding hydrogens is 246 g/mol. The zero-order valence-corrected chi connectivity index (χ0v) is 11.4. The Morgan fingerprint density at radius 2 is 1.95 bits per heavy atom. The van der Waals surface area contributed by atoms with Crippen molar-refractivity contribution in [3.05, 3.63) is 0 Å². The Morgan fingerprint density at radius 3 is 2.53 bits per heavy atom. The quantitative estimate of drug-likeness (QED) is 0.804. The molecule has 1 saturated carbocycles. The van der Waals surface area contributed by atoms with Crippen molar-refractivity contribution in [2.24, 2.45) is 17.8 Å². The number of carbonyl (C=O) groups excluding carboxylic acids is 1. The highest BCUT2D eigenvalue weighted by atomic mass is 16.4. The van der Waals surface area contributed by atoms with E-state index >= 15 is 0 Å². The lowest BCUT2D eigenvalue weighted by Gasteiger charge is -2.33. The van der Waals surface area contributed by atoms with Crippen LogP contribution in [-0.4, -0.2) is 46.2 Å². The van der Waals surface area contributed by atoms with Crippen LogP contribution in [-0.2, 0) is 9.59 Å². The van der Waals surface area contributed by atoms with E-state index in [1.807, 2.05) is 6.92 Å². The molecule has 0 aromatic rings. The number of likely N-dealkylation sites (tertiary alicyclic amines) is 1. The fourth-order valence-corrected chi connectivity index (χ4v) is 3.41. The second kappa shape index (κ2) is 5.90. The third-order valence-corrected chi connectivity index (χ3v) is 4.58. The van der Waals surface area contributed by atoms with Gasteiger partial charge in [-0.1, -0.05) is 13.3 Å². The predicted octanol–water partition coefficient (Wildman–Crippen LogP) is 1.11. The maximum Gasteiger partial charge on any atom is 0.307 e. The first-order valence-corrected chi connectivity index (χ1v) is 7.22. The van der Waals surface area contributed by atoms with Crippen LogP contribution in [0.1, 0.15) is 39.0 Å². The average molecular weight is 269 g/mol. The van der Waals surface area contributed by atoms with E-state index in [4.69, 9.17) is 0 Å². The Kier molecular flexibility index (Phi) is 4.45. The molecule has 1 aliphatic heterocycles. The van der Waals surface area contributed by atoms with Gasteiger partial charge in [-0.2, -0.15) is 0 Å². The van der Waals surface area contributed by atoms with Gasteiger partial charge in [0.25, 0.3) is 0 Å². The van der Waals surface area contributed by atoms with E-state index in [2.05, 4.69) is 0 Å². The Bertz CT molecular complexity index is 357. The first-order valence-electron chi connectivity index (χ1n) is 7.22. The number of hydrogen-bond donors (Lipinski definition) is 2. The first kappa shape index (κ1) is 14.3. The van der Waals surface area contributed by atoms with Gasteiger partial charge in [-0.25, -0.2) is 0 Å².